The summed E-state index contributed by atoms with van der Waals surface area (Å²) in [5, 5.41) is 0. The Morgan fingerprint density at radius 2 is 1.67 bits per heavy atom. The van der Waals surface area contributed by atoms with E-state index >= 15 is 0 Å². The quantitative estimate of drug-likeness (QED) is 0.650. The van der Waals surface area contributed by atoms with E-state index in [0.29, 0.717) is 5.56 Å². The van der Waals surface area contributed by atoms with Crippen LogP contribution in [0.2, 0.25) is 0 Å². The molecular formula is C18H20F2O. The maximum atomic E-state index is 13.7. The first kappa shape index (κ1) is 15.5. The monoisotopic (exact) mass is 290 g/mol. The number of halogens is 2. The molecule has 2 aromatic rings. The third-order valence-corrected chi connectivity index (χ3v) is 3.59. The van der Waals surface area contributed by atoms with Crippen LogP contribution in [0.15, 0.2) is 36.4 Å². The van der Waals surface area contributed by atoms with Gasteiger partial charge in [-0.2, -0.15) is 4.39 Å². The van der Waals surface area contributed by atoms with E-state index < -0.39 is 11.6 Å². The fourth-order valence-corrected chi connectivity index (χ4v) is 2.39. The van der Waals surface area contributed by atoms with Crippen molar-refractivity contribution < 1.29 is 13.5 Å². The summed E-state index contributed by atoms with van der Waals surface area (Å²) in [4.78, 5) is 0. The molecule has 2 rings (SSSR count). The molecule has 0 atom stereocenters. The number of hydrogen-bond donors (Lipinski definition) is 0. The number of rotatable bonds is 6. The van der Waals surface area contributed by atoms with Gasteiger partial charge in [0.2, 0.25) is 5.82 Å². The SMILES string of the molecule is CCCCCc1ccc(-c2ccc(F)c(F)c2OC)cc1. The highest BCUT2D eigenvalue weighted by atomic mass is 19.2. The summed E-state index contributed by atoms with van der Waals surface area (Å²) in [5.74, 6) is -1.89. The van der Waals surface area contributed by atoms with Crippen molar-refractivity contribution in [1.82, 2.24) is 0 Å². The number of aryl methyl sites for hydroxylation is 1. The second kappa shape index (κ2) is 7.21. The van der Waals surface area contributed by atoms with Crippen molar-refractivity contribution in [3.63, 3.8) is 0 Å². The Morgan fingerprint density at radius 1 is 0.952 bits per heavy atom. The lowest BCUT2D eigenvalue weighted by molar-refractivity contribution is 0.373. The van der Waals surface area contributed by atoms with Crippen LogP contribution in [0.4, 0.5) is 8.78 Å². The Labute approximate surface area is 124 Å². The van der Waals surface area contributed by atoms with Crippen LogP contribution in [0.5, 0.6) is 5.75 Å². The van der Waals surface area contributed by atoms with Gasteiger partial charge in [0.25, 0.3) is 0 Å². The van der Waals surface area contributed by atoms with E-state index in [-0.39, 0.29) is 5.75 Å². The molecule has 0 heterocycles. The maximum Gasteiger partial charge on any atom is 0.201 e. The highest BCUT2D eigenvalue weighted by Gasteiger charge is 2.15. The molecule has 0 aliphatic carbocycles. The average molecular weight is 290 g/mol. The van der Waals surface area contributed by atoms with Gasteiger partial charge >= 0.3 is 0 Å². The molecule has 0 aliphatic rings. The molecule has 112 valence electrons. The van der Waals surface area contributed by atoms with Crippen molar-refractivity contribution in [1.29, 1.82) is 0 Å². The lowest BCUT2D eigenvalue weighted by Crippen LogP contribution is -1.95. The van der Waals surface area contributed by atoms with Gasteiger partial charge in [0.15, 0.2) is 11.6 Å². The topological polar surface area (TPSA) is 9.23 Å². The van der Waals surface area contributed by atoms with Crippen LogP contribution in [0, 0.1) is 11.6 Å². The summed E-state index contributed by atoms with van der Waals surface area (Å²) >= 11 is 0. The van der Waals surface area contributed by atoms with Gasteiger partial charge in [0.05, 0.1) is 7.11 Å². The van der Waals surface area contributed by atoms with Crippen molar-refractivity contribution in [3.8, 4) is 16.9 Å². The number of benzene rings is 2. The van der Waals surface area contributed by atoms with E-state index in [1.54, 1.807) is 6.07 Å². The Hall–Kier alpha value is -1.90. The molecule has 0 radical (unpaired) electrons. The van der Waals surface area contributed by atoms with Gasteiger partial charge in [-0.15, -0.1) is 0 Å². The van der Waals surface area contributed by atoms with Gasteiger partial charge in [0, 0.05) is 5.56 Å². The number of methoxy groups -OCH3 is 1. The highest BCUT2D eigenvalue weighted by Crippen LogP contribution is 2.33. The van der Waals surface area contributed by atoms with Crippen LogP contribution in [0.1, 0.15) is 31.7 Å². The lowest BCUT2D eigenvalue weighted by atomic mass is 10.0. The van der Waals surface area contributed by atoms with E-state index in [1.807, 2.05) is 24.3 Å². The zero-order chi connectivity index (χ0) is 15.2. The van der Waals surface area contributed by atoms with Crippen molar-refractivity contribution in [3.05, 3.63) is 53.6 Å². The molecule has 0 saturated carbocycles. The van der Waals surface area contributed by atoms with E-state index in [9.17, 15) is 8.78 Å². The normalized spacial score (nSPS) is 10.7. The van der Waals surface area contributed by atoms with Crippen molar-refractivity contribution in [2.75, 3.05) is 7.11 Å². The van der Waals surface area contributed by atoms with Crippen LogP contribution < -0.4 is 4.74 Å². The van der Waals surface area contributed by atoms with Gasteiger partial charge in [0.1, 0.15) is 0 Å². The van der Waals surface area contributed by atoms with Gasteiger partial charge in [-0.05, 0) is 36.1 Å². The molecule has 21 heavy (non-hydrogen) atoms. The Morgan fingerprint density at radius 3 is 2.29 bits per heavy atom. The molecule has 0 aliphatic heterocycles. The minimum atomic E-state index is -0.943. The fraction of sp³-hybridized carbons (Fsp3) is 0.333. The third kappa shape index (κ3) is 3.60. The van der Waals surface area contributed by atoms with E-state index in [4.69, 9.17) is 4.74 Å². The minimum absolute atomic E-state index is 0.0475. The predicted octanol–water partition coefficient (Wildman–Crippen LogP) is 5.37. The summed E-state index contributed by atoms with van der Waals surface area (Å²) in [6.45, 7) is 2.18. The summed E-state index contributed by atoms with van der Waals surface area (Å²) < 4.78 is 32.0. The second-order valence-corrected chi connectivity index (χ2v) is 5.10. The second-order valence-electron chi connectivity index (χ2n) is 5.10. The summed E-state index contributed by atoms with van der Waals surface area (Å²) in [5.41, 5.74) is 2.65. The Kier molecular flexibility index (Phi) is 5.32. The molecule has 2 aromatic carbocycles. The van der Waals surface area contributed by atoms with E-state index in [1.165, 1.54) is 31.9 Å². The van der Waals surface area contributed by atoms with Gasteiger partial charge < -0.3 is 4.74 Å². The Balaban J connectivity index is 2.25. The first-order chi connectivity index (χ1) is 10.2. The molecule has 0 amide bonds. The number of ether oxygens (including phenoxy) is 1. The van der Waals surface area contributed by atoms with E-state index in [2.05, 4.69) is 6.92 Å². The molecular weight excluding hydrogens is 270 g/mol. The molecule has 0 fully saturated rings. The van der Waals surface area contributed by atoms with Crippen molar-refractivity contribution in [2.24, 2.45) is 0 Å². The molecule has 0 bridgehead atoms. The average Bonchev–Trinajstić information content (AvgIpc) is 2.51. The maximum absolute atomic E-state index is 13.7. The molecule has 0 unspecified atom stereocenters. The summed E-state index contributed by atoms with van der Waals surface area (Å²) in [7, 11) is 1.35. The molecule has 1 nitrogen and oxygen atoms in total. The molecule has 0 saturated heterocycles. The first-order valence-electron chi connectivity index (χ1n) is 7.28. The minimum Gasteiger partial charge on any atom is -0.493 e. The summed E-state index contributed by atoms with van der Waals surface area (Å²) in [6.07, 6.45) is 4.64. The van der Waals surface area contributed by atoms with Crippen LogP contribution in [-0.4, -0.2) is 7.11 Å². The Bertz CT molecular complexity index is 591. The molecule has 0 spiro atoms. The van der Waals surface area contributed by atoms with Gasteiger partial charge in [-0.1, -0.05) is 44.0 Å². The standard InChI is InChI=1S/C18H20F2O/c1-3-4-5-6-13-7-9-14(10-8-13)15-11-12-16(19)17(20)18(15)21-2/h7-12H,3-6H2,1-2H3. The first-order valence-corrected chi connectivity index (χ1v) is 7.28. The summed E-state index contributed by atoms with van der Waals surface area (Å²) in [6, 6.07) is 10.6. The van der Waals surface area contributed by atoms with Crippen LogP contribution in [0.25, 0.3) is 11.1 Å². The van der Waals surface area contributed by atoms with Gasteiger partial charge in [-0.25, -0.2) is 4.39 Å². The fourth-order valence-electron chi connectivity index (χ4n) is 2.39. The van der Waals surface area contributed by atoms with Crippen LogP contribution in [0.3, 0.4) is 0 Å². The van der Waals surface area contributed by atoms with E-state index in [0.717, 1.165) is 18.1 Å². The van der Waals surface area contributed by atoms with Crippen LogP contribution >= 0.6 is 0 Å². The van der Waals surface area contributed by atoms with Gasteiger partial charge in [-0.3, -0.25) is 0 Å². The molecule has 0 aromatic heterocycles. The lowest BCUT2D eigenvalue weighted by Gasteiger charge is -2.11. The molecule has 3 heteroatoms. The zero-order valence-corrected chi connectivity index (χ0v) is 12.5. The third-order valence-electron chi connectivity index (χ3n) is 3.59. The van der Waals surface area contributed by atoms with Crippen molar-refractivity contribution in [2.45, 2.75) is 32.6 Å². The zero-order valence-electron chi connectivity index (χ0n) is 12.5. The predicted molar refractivity (Wildman–Crippen MR) is 81.6 cm³/mol. The smallest absolute Gasteiger partial charge is 0.201 e. The van der Waals surface area contributed by atoms with Crippen molar-refractivity contribution >= 4 is 0 Å². The largest absolute Gasteiger partial charge is 0.493 e. The highest BCUT2D eigenvalue weighted by molar-refractivity contribution is 5.71. The van der Waals surface area contributed by atoms with Crippen LogP contribution in [-0.2, 0) is 6.42 Å². The molecule has 0 N–H and O–H groups in total. The number of unbranched alkanes of at least 4 members (excludes halogenated alkanes) is 2. The number of hydrogen-bond acceptors (Lipinski definition) is 1.